The summed E-state index contributed by atoms with van der Waals surface area (Å²) < 4.78 is 45.7. The SMILES string of the molecule is CC(C)(C)c1ccccc1OCC(=O)Nc1ccc(OC(F)(F)F)cc1. The third kappa shape index (κ3) is 5.98. The van der Waals surface area contributed by atoms with Crippen LogP contribution in [0.2, 0.25) is 0 Å². The fraction of sp³-hybridized carbons (Fsp3) is 0.316. The number of nitrogens with one attached hydrogen (secondary N) is 1. The van der Waals surface area contributed by atoms with Crippen molar-refractivity contribution in [3.8, 4) is 11.5 Å². The van der Waals surface area contributed by atoms with Crippen molar-refractivity contribution in [2.24, 2.45) is 0 Å². The van der Waals surface area contributed by atoms with Gasteiger partial charge in [-0.05, 0) is 41.3 Å². The molecule has 0 fully saturated rings. The second-order valence-electron chi connectivity index (χ2n) is 6.66. The third-order valence-electron chi connectivity index (χ3n) is 3.43. The molecule has 7 heteroatoms. The van der Waals surface area contributed by atoms with Crippen molar-refractivity contribution in [2.75, 3.05) is 11.9 Å². The summed E-state index contributed by atoms with van der Waals surface area (Å²) in [5, 5.41) is 2.56. The number of rotatable bonds is 5. The Labute approximate surface area is 149 Å². The summed E-state index contributed by atoms with van der Waals surface area (Å²) in [5.74, 6) is -0.159. The van der Waals surface area contributed by atoms with Crippen molar-refractivity contribution in [1.29, 1.82) is 0 Å². The van der Waals surface area contributed by atoms with E-state index in [1.807, 2.05) is 39.0 Å². The van der Waals surface area contributed by atoms with Gasteiger partial charge >= 0.3 is 6.36 Å². The number of carbonyl (C=O) groups is 1. The van der Waals surface area contributed by atoms with Crippen LogP contribution in [-0.2, 0) is 10.2 Å². The van der Waals surface area contributed by atoms with Crippen LogP contribution in [0.4, 0.5) is 18.9 Å². The number of anilines is 1. The standard InChI is InChI=1S/C19H20F3NO3/c1-18(2,3)15-6-4-5-7-16(15)25-12-17(24)23-13-8-10-14(11-9-13)26-19(20,21)22/h4-11H,12H2,1-3H3,(H,23,24). The lowest BCUT2D eigenvalue weighted by Gasteiger charge is -2.22. The number of hydrogen-bond acceptors (Lipinski definition) is 3. The minimum atomic E-state index is -4.75. The topological polar surface area (TPSA) is 47.6 Å². The Kier molecular flexibility index (Phi) is 5.79. The van der Waals surface area contributed by atoms with E-state index in [0.717, 1.165) is 17.7 Å². The zero-order valence-corrected chi connectivity index (χ0v) is 14.7. The number of para-hydroxylation sites is 1. The number of alkyl halides is 3. The lowest BCUT2D eigenvalue weighted by atomic mass is 9.86. The smallest absolute Gasteiger partial charge is 0.483 e. The highest BCUT2D eigenvalue weighted by atomic mass is 19.4. The fourth-order valence-corrected chi connectivity index (χ4v) is 2.29. The first-order valence-corrected chi connectivity index (χ1v) is 7.92. The number of benzene rings is 2. The Hall–Kier alpha value is -2.70. The van der Waals surface area contributed by atoms with Gasteiger partial charge in [-0.3, -0.25) is 4.79 Å². The molecule has 140 valence electrons. The van der Waals surface area contributed by atoms with Gasteiger partial charge in [0.2, 0.25) is 0 Å². The molecule has 0 aliphatic rings. The molecule has 2 rings (SSSR count). The van der Waals surface area contributed by atoms with Crippen LogP contribution in [0.25, 0.3) is 0 Å². The van der Waals surface area contributed by atoms with Gasteiger partial charge in [0.05, 0.1) is 0 Å². The molecule has 0 unspecified atom stereocenters. The summed E-state index contributed by atoms with van der Waals surface area (Å²) in [5.41, 5.74) is 1.18. The Morgan fingerprint density at radius 3 is 2.19 bits per heavy atom. The van der Waals surface area contributed by atoms with Crippen molar-refractivity contribution >= 4 is 11.6 Å². The van der Waals surface area contributed by atoms with Gasteiger partial charge in [0.15, 0.2) is 6.61 Å². The maximum absolute atomic E-state index is 12.1. The van der Waals surface area contributed by atoms with E-state index in [9.17, 15) is 18.0 Å². The molecule has 0 atom stereocenters. The lowest BCUT2D eigenvalue weighted by Crippen LogP contribution is -2.22. The molecule has 0 radical (unpaired) electrons. The first-order chi connectivity index (χ1) is 12.0. The van der Waals surface area contributed by atoms with Gasteiger partial charge in [0, 0.05) is 5.69 Å². The summed E-state index contributed by atoms with van der Waals surface area (Å²) in [7, 11) is 0. The molecule has 26 heavy (non-hydrogen) atoms. The quantitative estimate of drug-likeness (QED) is 0.818. The van der Waals surface area contributed by atoms with E-state index in [4.69, 9.17) is 4.74 Å². The highest BCUT2D eigenvalue weighted by Gasteiger charge is 2.31. The summed E-state index contributed by atoms with van der Waals surface area (Å²) in [6.45, 7) is 5.91. The van der Waals surface area contributed by atoms with E-state index in [1.165, 1.54) is 12.1 Å². The Balaban J connectivity index is 1.94. The Bertz CT molecular complexity index is 750. The second-order valence-corrected chi connectivity index (χ2v) is 6.66. The molecule has 0 aromatic heterocycles. The fourth-order valence-electron chi connectivity index (χ4n) is 2.29. The maximum Gasteiger partial charge on any atom is 0.573 e. The number of amides is 1. The van der Waals surface area contributed by atoms with E-state index < -0.39 is 12.3 Å². The van der Waals surface area contributed by atoms with Crippen molar-refractivity contribution in [3.63, 3.8) is 0 Å². The number of hydrogen-bond donors (Lipinski definition) is 1. The van der Waals surface area contributed by atoms with Gasteiger partial charge < -0.3 is 14.8 Å². The molecule has 2 aromatic carbocycles. The molecule has 1 N–H and O–H groups in total. The number of halogens is 3. The van der Waals surface area contributed by atoms with Crippen LogP contribution in [0, 0.1) is 0 Å². The van der Waals surface area contributed by atoms with Crippen molar-refractivity contribution in [3.05, 3.63) is 54.1 Å². The molecule has 0 aliphatic heterocycles. The summed E-state index contributed by atoms with van der Waals surface area (Å²) in [4.78, 5) is 12.0. The normalized spacial score (nSPS) is 11.8. The zero-order valence-electron chi connectivity index (χ0n) is 14.7. The molecule has 0 saturated heterocycles. The number of ether oxygens (including phenoxy) is 2. The predicted octanol–water partition coefficient (Wildman–Crippen LogP) is 4.90. The van der Waals surface area contributed by atoms with Crippen molar-refractivity contribution < 1.29 is 27.4 Å². The molecule has 2 aromatic rings. The summed E-state index contributed by atoms with van der Waals surface area (Å²) in [6, 6.07) is 12.3. The summed E-state index contributed by atoms with van der Waals surface area (Å²) >= 11 is 0. The zero-order chi connectivity index (χ0) is 19.4. The average Bonchev–Trinajstić information content (AvgIpc) is 2.53. The van der Waals surface area contributed by atoms with Crippen LogP contribution in [0.1, 0.15) is 26.3 Å². The predicted molar refractivity (Wildman–Crippen MR) is 92.4 cm³/mol. The van der Waals surface area contributed by atoms with E-state index in [-0.39, 0.29) is 17.8 Å². The number of carbonyl (C=O) groups excluding carboxylic acids is 1. The van der Waals surface area contributed by atoms with Crippen LogP contribution in [0.3, 0.4) is 0 Å². The van der Waals surface area contributed by atoms with Crippen LogP contribution in [0.15, 0.2) is 48.5 Å². The van der Waals surface area contributed by atoms with Gasteiger partial charge in [-0.15, -0.1) is 13.2 Å². The molecular weight excluding hydrogens is 347 g/mol. The van der Waals surface area contributed by atoms with Gasteiger partial charge in [-0.25, -0.2) is 0 Å². The molecule has 0 saturated carbocycles. The van der Waals surface area contributed by atoms with Crippen LogP contribution in [-0.4, -0.2) is 18.9 Å². The average molecular weight is 367 g/mol. The van der Waals surface area contributed by atoms with Crippen molar-refractivity contribution in [2.45, 2.75) is 32.5 Å². The monoisotopic (exact) mass is 367 g/mol. The van der Waals surface area contributed by atoms with Crippen LogP contribution >= 0.6 is 0 Å². The van der Waals surface area contributed by atoms with Crippen LogP contribution < -0.4 is 14.8 Å². The highest BCUT2D eigenvalue weighted by molar-refractivity contribution is 5.91. The minimum Gasteiger partial charge on any atom is -0.483 e. The molecule has 1 amide bonds. The Morgan fingerprint density at radius 2 is 1.62 bits per heavy atom. The van der Waals surface area contributed by atoms with Gasteiger partial charge in [0.25, 0.3) is 5.91 Å². The third-order valence-corrected chi connectivity index (χ3v) is 3.43. The molecule has 4 nitrogen and oxygen atoms in total. The van der Waals surface area contributed by atoms with Crippen molar-refractivity contribution in [1.82, 2.24) is 0 Å². The van der Waals surface area contributed by atoms with Crippen LogP contribution in [0.5, 0.6) is 11.5 Å². The molecular formula is C19H20F3NO3. The molecule has 0 spiro atoms. The van der Waals surface area contributed by atoms with Gasteiger partial charge in [0.1, 0.15) is 11.5 Å². The van der Waals surface area contributed by atoms with E-state index in [2.05, 4.69) is 10.1 Å². The molecule has 0 aliphatic carbocycles. The lowest BCUT2D eigenvalue weighted by molar-refractivity contribution is -0.274. The maximum atomic E-state index is 12.1. The van der Waals surface area contributed by atoms with E-state index >= 15 is 0 Å². The first kappa shape index (κ1) is 19.6. The largest absolute Gasteiger partial charge is 0.573 e. The molecule has 0 heterocycles. The van der Waals surface area contributed by atoms with Gasteiger partial charge in [-0.2, -0.15) is 0 Å². The first-order valence-electron chi connectivity index (χ1n) is 7.92. The van der Waals surface area contributed by atoms with Gasteiger partial charge in [-0.1, -0.05) is 39.0 Å². The minimum absolute atomic E-state index is 0.138. The summed E-state index contributed by atoms with van der Waals surface area (Å²) in [6.07, 6.45) is -4.75. The molecule has 0 bridgehead atoms. The van der Waals surface area contributed by atoms with E-state index in [0.29, 0.717) is 11.4 Å². The Morgan fingerprint density at radius 1 is 1.00 bits per heavy atom. The highest BCUT2D eigenvalue weighted by Crippen LogP contribution is 2.31. The second kappa shape index (κ2) is 7.68. The van der Waals surface area contributed by atoms with E-state index in [1.54, 1.807) is 6.07 Å².